The number of anilines is 1. The van der Waals surface area contributed by atoms with Gasteiger partial charge in [-0.3, -0.25) is 4.79 Å². The van der Waals surface area contributed by atoms with E-state index in [-0.39, 0.29) is 11.9 Å². The molecular weight excluding hydrogens is 208 g/mol. The van der Waals surface area contributed by atoms with Gasteiger partial charge in [-0.1, -0.05) is 6.07 Å². The number of benzene rings is 1. The third-order valence-electron chi connectivity index (χ3n) is 2.61. The van der Waals surface area contributed by atoms with Gasteiger partial charge in [0, 0.05) is 17.1 Å². The number of amides is 1. The summed E-state index contributed by atoms with van der Waals surface area (Å²) in [6.07, 6.45) is 2.78. The molecule has 2 N–H and O–H groups in total. The van der Waals surface area contributed by atoms with Gasteiger partial charge in [0.1, 0.15) is 0 Å². The molecular formula is C11H14N2OS. The lowest BCUT2D eigenvalue weighted by molar-refractivity contribution is -0.118. The Labute approximate surface area is 93.6 Å². The summed E-state index contributed by atoms with van der Waals surface area (Å²) in [6.45, 7) is 0.734. The van der Waals surface area contributed by atoms with Crippen LogP contribution < -0.4 is 10.6 Å². The molecule has 1 aliphatic heterocycles. The standard InChI is InChI=1S/C11H14N2OS/c1-15-9-4-2-3-8(7-9)13-6-5-10(12)11(13)14/h2-4,7,10H,5-6,12H2,1H3. The second-order valence-corrected chi connectivity index (χ2v) is 4.47. The molecule has 1 aliphatic rings. The van der Waals surface area contributed by atoms with Crippen LogP contribution in [0.1, 0.15) is 6.42 Å². The molecule has 1 fully saturated rings. The molecule has 0 bridgehead atoms. The van der Waals surface area contributed by atoms with E-state index in [1.54, 1.807) is 16.7 Å². The van der Waals surface area contributed by atoms with Gasteiger partial charge in [0.05, 0.1) is 6.04 Å². The first kappa shape index (κ1) is 10.5. The fraction of sp³-hybridized carbons (Fsp3) is 0.364. The highest BCUT2D eigenvalue weighted by Crippen LogP contribution is 2.25. The molecule has 1 atom stereocenters. The number of carbonyl (C=O) groups excluding carboxylic acids is 1. The Kier molecular flexibility index (Phi) is 2.98. The van der Waals surface area contributed by atoms with Crippen LogP contribution in [0.5, 0.6) is 0 Å². The van der Waals surface area contributed by atoms with Gasteiger partial charge in [-0.05, 0) is 30.9 Å². The molecule has 3 nitrogen and oxygen atoms in total. The van der Waals surface area contributed by atoms with E-state index in [1.807, 2.05) is 30.5 Å². The van der Waals surface area contributed by atoms with Crippen LogP contribution in [0, 0.1) is 0 Å². The maximum Gasteiger partial charge on any atom is 0.243 e. The smallest absolute Gasteiger partial charge is 0.243 e. The normalized spacial score (nSPS) is 21.1. The van der Waals surface area contributed by atoms with E-state index >= 15 is 0 Å². The summed E-state index contributed by atoms with van der Waals surface area (Å²) < 4.78 is 0. The van der Waals surface area contributed by atoms with Crippen molar-refractivity contribution in [2.45, 2.75) is 17.4 Å². The van der Waals surface area contributed by atoms with Crippen molar-refractivity contribution in [3.8, 4) is 0 Å². The molecule has 1 heterocycles. The van der Waals surface area contributed by atoms with Crippen LogP contribution in [-0.4, -0.2) is 24.7 Å². The molecule has 4 heteroatoms. The predicted molar refractivity (Wildman–Crippen MR) is 63.2 cm³/mol. The molecule has 0 saturated carbocycles. The Morgan fingerprint density at radius 1 is 1.53 bits per heavy atom. The molecule has 0 radical (unpaired) electrons. The summed E-state index contributed by atoms with van der Waals surface area (Å²) >= 11 is 1.67. The highest BCUT2D eigenvalue weighted by molar-refractivity contribution is 7.98. The van der Waals surface area contributed by atoms with Crippen LogP contribution >= 0.6 is 11.8 Å². The number of nitrogens with two attached hydrogens (primary N) is 1. The van der Waals surface area contributed by atoms with Crippen LogP contribution in [0.2, 0.25) is 0 Å². The maximum atomic E-state index is 11.7. The van der Waals surface area contributed by atoms with Gasteiger partial charge < -0.3 is 10.6 Å². The molecule has 80 valence electrons. The van der Waals surface area contributed by atoms with E-state index in [0.717, 1.165) is 18.7 Å². The zero-order valence-electron chi connectivity index (χ0n) is 8.64. The van der Waals surface area contributed by atoms with Gasteiger partial charge >= 0.3 is 0 Å². The molecule has 1 aromatic carbocycles. The third kappa shape index (κ3) is 2.01. The Bertz CT molecular complexity index is 381. The summed E-state index contributed by atoms with van der Waals surface area (Å²) in [7, 11) is 0. The quantitative estimate of drug-likeness (QED) is 0.771. The van der Waals surface area contributed by atoms with E-state index in [1.165, 1.54) is 4.90 Å². The summed E-state index contributed by atoms with van der Waals surface area (Å²) in [5.74, 6) is 0.0354. The Hall–Kier alpha value is -1.00. The highest BCUT2D eigenvalue weighted by Gasteiger charge is 2.29. The van der Waals surface area contributed by atoms with Crippen molar-refractivity contribution < 1.29 is 4.79 Å². The lowest BCUT2D eigenvalue weighted by Gasteiger charge is -2.16. The van der Waals surface area contributed by atoms with E-state index in [9.17, 15) is 4.79 Å². The Balaban J connectivity index is 2.26. The van der Waals surface area contributed by atoms with Crippen molar-refractivity contribution in [3.63, 3.8) is 0 Å². The SMILES string of the molecule is CSc1cccc(N2CCC(N)C2=O)c1. The average Bonchev–Trinajstić information content (AvgIpc) is 2.60. The second-order valence-electron chi connectivity index (χ2n) is 3.59. The number of thioether (sulfide) groups is 1. The summed E-state index contributed by atoms with van der Waals surface area (Å²) in [4.78, 5) is 14.6. The first-order chi connectivity index (χ1) is 7.22. The molecule has 1 saturated heterocycles. The monoisotopic (exact) mass is 222 g/mol. The summed E-state index contributed by atoms with van der Waals surface area (Å²) in [5, 5.41) is 0. The minimum Gasteiger partial charge on any atom is -0.320 e. The van der Waals surface area contributed by atoms with Gasteiger partial charge in [-0.25, -0.2) is 0 Å². The maximum absolute atomic E-state index is 11.7. The number of hydrogen-bond donors (Lipinski definition) is 1. The van der Waals surface area contributed by atoms with E-state index < -0.39 is 0 Å². The van der Waals surface area contributed by atoms with Crippen LogP contribution in [0.25, 0.3) is 0 Å². The third-order valence-corrected chi connectivity index (χ3v) is 3.34. The Morgan fingerprint density at radius 2 is 2.33 bits per heavy atom. The first-order valence-electron chi connectivity index (χ1n) is 4.93. The summed E-state index contributed by atoms with van der Waals surface area (Å²) in [5.41, 5.74) is 6.64. The van der Waals surface area contributed by atoms with Gasteiger partial charge in [0.25, 0.3) is 0 Å². The molecule has 2 rings (SSSR count). The van der Waals surface area contributed by atoms with E-state index in [2.05, 4.69) is 0 Å². The van der Waals surface area contributed by atoms with Crippen molar-refractivity contribution in [3.05, 3.63) is 24.3 Å². The van der Waals surface area contributed by atoms with Gasteiger partial charge in [-0.2, -0.15) is 0 Å². The van der Waals surface area contributed by atoms with E-state index in [0.29, 0.717) is 0 Å². The number of carbonyl (C=O) groups is 1. The predicted octanol–water partition coefficient (Wildman–Crippen LogP) is 1.47. The molecule has 0 aromatic heterocycles. The van der Waals surface area contributed by atoms with Gasteiger partial charge in [0.2, 0.25) is 5.91 Å². The van der Waals surface area contributed by atoms with E-state index in [4.69, 9.17) is 5.73 Å². The molecule has 1 unspecified atom stereocenters. The molecule has 0 aliphatic carbocycles. The minimum atomic E-state index is -0.317. The molecule has 1 amide bonds. The lowest BCUT2D eigenvalue weighted by atomic mass is 10.3. The minimum absolute atomic E-state index is 0.0354. The van der Waals surface area contributed by atoms with Crippen LogP contribution in [0.4, 0.5) is 5.69 Å². The fourth-order valence-corrected chi connectivity index (χ4v) is 2.19. The van der Waals surface area contributed by atoms with Crippen LogP contribution in [0.3, 0.4) is 0 Å². The zero-order chi connectivity index (χ0) is 10.8. The Morgan fingerprint density at radius 3 is 2.93 bits per heavy atom. The highest BCUT2D eigenvalue weighted by atomic mass is 32.2. The average molecular weight is 222 g/mol. The fourth-order valence-electron chi connectivity index (χ4n) is 1.74. The van der Waals surface area contributed by atoms with Crippen molar-refractivity contribution in [2.24, 2.45) is 5.73 Å². The van der Waals surface area contributed by atoms with Crippen molar-refractivity contribution in [2.75, 3.05) is 17.7 Å². The molecule has 1 aromatic rings. The second kappa shape index (κ2) is 4.24. The van der Waals surface area contributed by atoms with Crippen LogP contribution in [0.15, 0.2) is 29.2 Å². The van der Waals surface area contributed by atoms with Crippen molar-refractivity contribution in [1.82, 2.24) is 0 Å². The van der Waals surface area contributed by atoms with Crippen LogP contribution in [-0.2, 0) is 4.79 Å². The largest absolute Gasteiger partial charge is 0.320 e. The summed E-state index contributed by atoms with van der Waals surface area (Å²) in [6, 6.07) is 7.67. The lowest BCUT2D eigenvalue weighted by Crippen LogP contribution is -2.33. The van der Waals surface area contributed by atoms with Crippen molar-refractivity contribution >= 4 is 23.4 Å². The molecule has 15 heavy (non-hydrogen) atoms. The van der Waals surface area contributed by atoms with Crippen molar-refractivity contribution in [1.29, 1.82) is 0 Å². The first-order valence-corrected chi connectivity index (χ1v) is 6.16. The number of rotatable bonds is 2. The number of hydrogen-bond acceptors (Lipinski definition) is 3. The van der Waals surface area contributed by atoms with Gasteiger partial charge in [-0.15, -0.1) is 11.8 Å². The topological polar surface area (TPSA) is 46.3 Å². The van der Waals surface area contributed by atoms with Gasteiger partial charge in [0.15, 0.2) is 0 Å². The molecule has 0 spiro atoms. The number of nitrogens with zero attached hydrogens (tertiary/aromatic N) is 1. The zero-order valence-corrected chi connectivity index (χ0v) is 9.46.